The molecule has 4 aromatic rings. The molecule has 0 bridgehead atoms. The fourth-order valence-electron chi connectivity index (χ4n) is 5.09. The lowest BCUT2D eigenvalue weighted by atomic mass is 9.77. The van der Waals surface area contributed by atoms with Crippen LogP contribution < -0.4 is 0 Å². The first-order valence-electron chi connectivity index (χ1n) is 12.8. The third-order valence-electron chi connectivity index (χ3n) is 7.90. The van der Waals surface area contributed by atoms with Gasteiger partial charge in [-0.25, -0.2) is 0 Å². The number of aliphatic hydroxyl groups is 1. The number of carboxylic acid groups (broad SMARTS) is 1. The van der Waals surface area contributed by atoms with Crippen molar-refractivity contribution >= 4 is 5.97 Å². The van der Waals surface area contributed by atoms with Crippen LogP contribution >= 0.6 is 0 Å². The highest BCUT2D eigenvalue weighted by atomic mass is 16.5. The van der Waals surface area contributed by atoms with Gasteiger partial charge in [-0.15, -0.1) is 0 Å². The maximum absolute atomic E-state index is 11.6. The van der Waals surface area contributed by atoms with Crippen molar-refractivity contribution in [2.24, 2.45) is 5.41 Å². The Morgan fingerprint density at radius 1 is 0.946 bits per heavy atom. The van der Waals surface area contributed by atoms with Crippen molar-refractivity contribution < 1.29 is 19.5 Å². The second-order valence-electron chi connectivity index (χ2n) is 10.9. The number of aliphatic hydroxyl groups excluding tert-OH is 1. The zero-order valence-corrected chi connectivity index (χ0v) is 21.6. The van der Waals surface area contributed by atoms with Gasteiger partial charge in [0.15, 0.2) is 5.76 Å². The molecule has 1 heterocycles. The van der Waals surface area contributed by atoms with E-state index >= 15 is 0 Å². The van der Waals surface area contributed by atoms with Crippen molar-refractivity contribution in [1.82, 2.24) is 5.16 Å². The lowest BCUT2D eigenvalue weighted by molar-refractivity contribution is -0.140. The average Bonchev–Trinajstić information content (AvgIpc) is 3.65. The first-order valence-corrected chi connectivity index (χ1v) is 12.8. The van der Waals surface area contributed by atoms with Gasteiger partial charge >= 0.3 is 5.97 Å². The van der Waals surface area contributed by atoms with E-state index in [1.54, 1.807) is 0 Å². The minimum absolute atomic E-state index is 0.378. The van der Waals surface area contributed by atoms with Gasteiger partial charge in [0.05, 0.1) is 22.8 Å². The molecule has 1 unspecified atom stereocenters. The summed E-state index contributed by atoms with van der Waals surface area (Å²) in [6.07, 6.45) is 2.37. The molecule has 0 aliphatic heterocycles. The first-order chi connectivity index (χ1) is 17.7. The monoisotopic (exact) mass is 495 g/mol. The van der Waals surface area contributed by atoms with Crippen molar-refractivity contribution in [1.29, 1.82) is 0 Å². The summed E-state index contributed by atoms with van der Waals surface area (Å²) in [6.45, 7) is 6.04. The van der Waals surface area contributed by atoms with Gasteiger partial charge in [0.25, 0.3) is 0 Å². The minimum Gasteiger partial charge on any atom is -0.481 e. The van der Waals surface area contributed by atoms with E-state index in [-0.39, 0.29) is 5.41 Å². The Morgan fingerprint density at radius 2 is 1.51 bits per heavy atom. The molecular weight excluding hydrogens is 462 g/mol. The van der Waals surface area contributed by atoms with E-state index in [4.69, 9.17) is 4.52 Å². The number of rotatable bonds is 9. The SMILES string of the molecule is Cc1noc(-c2ccc(-c3ccc(C4(C(=O)O)CC4)cc3)cc2)c1C(O)C(C)(C)CCc1ccccc1. The van der Waals surface area contributed by atoms with Crippen LogP contribution in [0.15, 0.2) is 83.4 Å². The quantitative estimate of drug-likeness (QED) is 0.258. The number of carbonyl (C=O) groups is 1. The van der Waals surface area contributed by atoms with Crippen LogP contribution in [0.4, 0.5) is 0 Å². The van der Waals surface area contributed by atoms with Gasteiger partial charge in [0, 0.05) is 5.56 Å². The molecule has 1 aliphatic rings. The maximum Gasteiger partial charge on any atom is 0.314 e. The van der Waals surface area contributed by atoms with Crippen molar-refractivity contribution in [2.45, 2.75) is 58.0 Å². The van der Waals surface area contributed by atoms with Crippen LogP contribution in [0.2, 0.25) is 0 Å². The number of aromatic nitrogens is 1. The van der Waals surface area contributed by atoms with Crippen LogP contribution in [0.25, 0.3) is 22.5 Å². The summed E-state index contributed by atoms with van der Waals surface area (Å²) < 4.78 is 5.72. The molecule has 3 aromatic carbocycles. The van der Waals surface area contributed by atoms with Gasteiger partial charge in [0.2, 0.25) is 0 Å². The van der Waals surface area contributed by atoms with E-state index in [1.807, 2.05) is 73.7 Å². The summed E-state index contributed by atoms with van der Waals surface area (Å²) in [7, 11) is 0. The van der Waals surface area contributed by atoms with Gasteiger partial charge in [0.1, 0.15) is 0 Å². The normalized spacial score (nSPS) is 15.4. The lowest BCUT2D eigenvalue weighted by Crippen LogP contribution is -2.23. The van der Waals surface area contributed by atoms with Crippen LogP contribution in [0.5, 0.6) is 0 Å². The largest absolute Gasteiger partial charge is 0.481 e. The Hall–Kier alpha value is -3.70. The number of aliphatic carboxylic acids is 1. The van der Waals surface area contributed by atoms with Crippen molar-refractivity contribution in [2.75, 3.05) is 0 Å². The molecule has 5 rings (SSSR count). The summed E-state index contributed by atoms with van der Waals surface area (Å²) in [6, 6.07) is 26.1. The number of nitrogens with zero attached hydrogens (tertiary/aromatic N) is 1. The van der Waals surface area contributed by atoms with E-state index in [0.29, 0.717) is 24.3 Å². The van der Waals surface area contributed by atoms with Crippen molar-refractivity contribution in [3.05, 3.63) is 101 Å². The van der Waals surface area contributed by atoms with E-state index < -0.39 is 17.5 Å². The first kappa shape index (κ1) is 25.0. The lowest BCUT2D eigenvalue weighted by Gasteiger charge is -2.31. The molecule has 0 amide bonds. The van der Waals surface area contributed by atoms with Gasteiger partial charge in [-0.05, 0) is 60.3 Å². The van der Waals surface area contributed by atoms with Gasteiger partial charge < -0.3 is 14.7 Å². The highest BCUT2D eigenvalue weighted by Crippen LogP contribution is 2.48. The second kappa shape index (κ2) is 9.64. The van der Waals surface area contributed by atoms with Crippen molar-refractivity contribution in [3.8, 4) is 22.5 Å². The molecular formula is C32H33NO4. The van der Waals surface area contributed by atoms with Crippen LogP contribution in [-0.4, -0.2) is 21.3 Å². The zero-order valence-electron chi connectivity index (χ0n) is 21.6. The Kier molecular flexibility index (Phi) is 6.50. The molecule has 0 spiro atoms. The van der Waals surface area contributed by atoms with Crippen LogP contribution in [-0.2, 0) is 16.6 Å². The molecule has 5 heteroatoms. The molecule has 1 saturated carbocycles. The summed E-state index contributed by atoms with van der Waals surface area (Å²) in [5.74, 6) is -0.148. The molecule has 1 aliphatic carbocycles. The smallest absolute Gasteiger partial charge is 0.314 e. The standard InChI is InChI=1S/C32H33NO4/c1-21-27(29(34)31(2,3)18-17-22-7-5-4-6-8-22)28(37-33-21)25-11-9-23(10-12-25)24-13-15-26(16-14-24)32(19-20-32)30(35)36/h4-16,29,34H,17-20H2,1-3H3,(H,35,36). The topological polar surface area (TPSA) is 83.6 Å². The predicted octanol–water partition coefficient (Wildman–Crippen LogP) is 7.13. The molecule has 0 radical (unpaired) electrons. The number of hydrogen-bond donors (Lipinski definition) is 2. The third-order valence-corrected chi connectivity index (χ3v) is 7.90. The van der Waals surface area contributed by atoms with E-state index in [1.165, 1.54) is 5.56 Å². The molecule has 1 aromatic heterocycles. The molecule has 1 fully saturated rings. The van der Waals surface area contributed by atoms with Gasteiger partial charge in [-0.1, -0.05) is 97.9 Å². The fraction of sp³-hybridized carbons (Fsp3) is 0.312. The van der Waals surface area contributed by atoms with Crippen LogP contribution in [0.1, 0.15) is 61.6 Å². The predicted molar refractivity (Wildman–Crippen MR) is 144 cm³/mol. The fourth-order valence-corrected chi connectivity index (χ4v) is 5.09. The highest BCUT2D eigenvalue weighted by Gasteiger charge is 2.51. The molecule has 5 nitrogen and oxygen atoms in total. The van der Waals surface area contributed by atoms with Crippen molar-refractivity contribution in [3.63, 3.8) is 0 Å². The molecule has 1 atom stereocenters. The van der Waals surface area contributed by atoms with E-state index in [0.717, 1.165) is 40.7 Å². The number of benzene rings is 3. The second-order valence-corrected chi connectivity index (χ2v) is 10.9. The summed E-state index contributed by atoms with van der Waals surface area (Å²) in [5.41, 5.74) is 5.38. The molecule has 37 heavy (non-hydrogen) atoms. The number of aryl methyl sites for hydroxylation is 2. The number of carboxylic acids is 1. The Morgan fingerprint density at radius 3 is 2.08 bits per heavy atom. The Bertz CT molecular complexity index is 1380. The van der Waals surface area contributed by atoms with E-state index in [9.17, 15) is 15.0 Å². The van der Waals surface area contributed by atoms with Crippen LogP contribution in [0.3, 0.4) is 0 Å². The van der Waals surface area contributed by atoms with Crippen LogP contribution in [0, 0.1) is 12.3 Å². The molecule has 190 valence electrons. The maximum atomic E-state index is 11.6. The zero-order chi connectivity index (χ0) is 26.2. The summed E-state index contributed by atoms with van der Waals surface area (Å²) in [4.78, 5) is 11.6. The Balaban J connectivity index is 1.35. The summed E-state index contributed by atoms with van der Waals surface area (Å²) >= 11 is 0. The van der Waals surface area contributed by atoms with Gasteiger partial charge in [-0.3, -0.25) is 4.79 Å². The summed E-state index contributed by atoms with van der Waals surface area (Å²) in [5, 5.41) is 25.2. The Labute approximate surface area is 217 Å². The van der Waals surface area contributed by atoms with E-state index in [2.05, 4.69) is 31.1 Å². The average molecular weight is 496 g/mol. The minimum atomic E-state index is -0.742. The molecule has 0 saturated heterocycles. The number of hydrogen-bond acceptors (Lipinski definition) is 4. The van der Waals surface area contributed by atoms with Gasteiger partial charge in [-0.2, -0.15) is 0 Å². The molecule has 2 N–H and O–H groups in total. The highest BCUT2D eigenvalue weighted by molar-refractivity contribution is 5.85. The third kappa shape index (κ3) is 4.84.